The van der Waals surface area contributed by atoms with Crippen molar-refractivity contribution in [3.63, 3.8) is 0 Å². The summed E-state index contributed by atoms with van der Waals surface area (Å²) in [5, 5.41) is 0. The number of hydrogen-bond donors (Lipinski definition) is 1. The van der Waals surface area contributed by atoms with Gasteiger partial charge in [-0.2, -0.15) is 13.2 Å². The normalized spacial score (nSPS) is 17.7. The summed E-state index contributed by atoms with van der Waals surface area (Å²) in [6.45, 7) is 0. The third kappa shape index (κ3) is 1.88. The van der Waals surface area contributed by atoms with Crippen LogP contribution in [0.2, 0.25) is 0 Å². The molecule has 0 unspecified atom stereocenters. The predicted octanol–water partition coefficient (Wildman–Crippen LogP) is 1.88. The van der Waals surface area contributed by atoms with E-state index in [9.17, 15) is 13.2 Å². The van der Waals surface area contributed by atoms with Crippen LogP contribution in [0.1, 0.15) is 6.42 Å². The monoisotopic (exact) mass is 161 g/mol. The van der Waals surface area contributed by atoms with E-state index >= 15 is 0 Å². The van der Waals surface area contributed by atoms with E-state index in [1.54, 1.807) is 0 Å². The number of hydrogen-bond acceptors (Lipinski definition) is 1. The first-order valence-corrected chi connectivity index (χ1v) is 2.97. The van der Waals surface area contributed by atoms with Crippen molar-refractivity contribution in [1.29, 1.82) is 0 Å². The van der Waals surface area contributed by atoms with Crippen molar-refractivity contribution in [2.24, 2.45) is 5.73 Å². The summed E-state index contributed by atoms with van der Waals surface area (Å²) in [6.07, 6.45) is -2.35. The van der Waals surface area contributed by atoms with E-state index in [1.165, 1.54) is 6.08 Å². The Morgan fingerprint density at radius 3 is 2.45 bits per heavy atom. The Bertz CT molecular complexity index is 253. The highest BCUT2D eigenvalue weighted by atomic mass is 19.4. The lowest BCUT2D eigenvalue weighted by Crippen LogP contribution is -2.15. The van der Waals surface area contributed by atoms with Gasteiger partial charge in [-0.15, -0.1) is 0 Å². The Kier molecular flexibility index (Phi) is 1.79. The number of allylic oxidation sites excluding steroid dienone is 2. The summed E-state index contributed by atoms with van der Waals surface area (Å²) in [6, 6.07) is 0. The van der Waals surface area contributed by atoms with Gasteiger partial charge < -0.3 is 5.73 Å². The fourth-order valence-corrected chi connectivity index (χ4v) is 0.759. The smallest absolute Gasteiger partial charge is 0.395 e. The van der Waals surface area contributed by atoms with E-state index in [0.29, 0.717) is 0 Å². The molecule has 0 atom stereocenters. The minimum Gasteiger partial charge on any atom is -0.395 e. The Morgan fingerprint density at radius 2 is 2.09 bits per heavy atom. The predicted molar refractivity (Wildman–Crippen MR) is 34.5 cm³/mol. The van der Waals surface area contributed by atoms with Gasteiger partial charge in [0.05, 0.1) is 5.70 Å². The van der Waals surface area contributed by atoms with E-state index < -0.39 is 11.7 Å². The standard InChI is InChI=1S/C7H6F3N/c8-7(9,10)5-2-1-3-6(11)4-5/h1-2H,4,11H2. The van der Waals surface area contributed by atoms with Gasteiger partial charge in [0.25, 0.3) is 0 Å². The first-order chi connectivity index (χ1) is 5.00. The van der Waals surface area contributed by atoms with Gasteiger partial charge in [-0.3, -0.25) is 0 Å². The average molecular weight is 161 g/mol. The molecule has 2 N–H and O–H groups in total. The van der Waals surface area contributed by atoms with Crippen molar-refractivity contribution in [2.45, 2.75) is 12.6 Å². The second-order valence-electron chi connectivity index (χ2n) is 2.20. The molecule has 0 aromatic rings. The molecule has 1 rings (SSSR count). The summed E-state index contributed by atoms with van der Waals surface area (Å²) in [7, 11) is 0. The molecule has 0 heterocycles. The molecular formula is C7H6F3N. The highest BCUT2D eigenvalue weighted by molar-refractivity contribution is 5.27. The van der Waals surface area contributed by atoms with E-state index in [1.807, 2.05) is 0 Å². The number of rotatable bonds is 0. The van der Waals surface area contributed by atoms with Crippen molar-refractivity contribution in [2.75, 3.05) is 0 Å². The van der Waals surface area contributed by atoms with Crippen LogP contribution in [0.3, 0.4) is 0 Å². The second kappa shape index (κ2) is 2.47. The van der Waals surface area contributed by atoms with Crippen LogP contribution >= 0.6 is 0 Å². The first kappa shape index (κ1) is 7.95. The quantitative estimate of drug-likeness (QED) is 0.539. The van der Waals surface area contributed by atoms with Gasteiger partial charge in [0.1, 0.15) is 0 Å². The van der Waals surface area contributed by atoms with Crippen LogP contribution in [-0.2, 0) is 0 Å². The largest absolute Gasteiger partial charge is 0.413 e. The molecule has 0 bridgehead atoms. The zero-order valence-corrected chi connectivity index (χ0v) is 5.57. The van der Waals surface area contributed by atoms with Crippen molar-refractivity contribution >= 4 is 0 Å². The van der Waals surface area contributed by atoms with E-state index in [-0.39, 0.29) is 12.1 Å². The second-order valence-corrected chi connectivity index (χ2v) is 2.20. The lowest BCUT2D eigenvalue weighted by molar-refractivity contribution is -0.0932. The maximum atomic E-state index is 11.9. The maximum absolute atomic E-state index is 11.9. The van der Waals surface area contributed by atoms with Gasteiger partial charge in [0.2, 0.25) is 0 Å². The average Bonchev–Trinajstić information content (AvgIpc) is 1.86. The van der Waals surface area contributed by atoms with E-state index in [0.717, 1.165) is 6.08 Å². The van der Waals surface area contributed by atoms with Crippen LogP contribution in [0, 0.1) is 0 Å². The molecule has 0 fully saturated rings. The molecule has 1 aliphatic carbocycles. The van der Waals surface area contributed by atoms with Crippen LogP contribution in [0.4, 0.5) is 13.2 Å². The molecule has 11 heavy (non-hydrogen) atoms. The lowest BCUT2D eigenvalue weighted by atomic mass is 10.1. The molecule has 0 radical (unpaired) electrons. The molecule has 0 amide bonds. The van der Waals surface area contributed by atoms with Gasteiger partial charge in [-0.25, -0.2) is 0 Å². The minimum atomic E-state index is -4.26. The van der Waals surface area contributed by atoms with Crippen molar-refractivity contribution in [3.05, 3.63) is 29.2 Å². The summed E-state index contributed by atoms with van der Waals surface area (Å²) in [5.41, 5.74) is 7.14. The van der Waals surface area contributed by atoms with Crippen molar-refractivity contribution < 1.29 is 13.2 Å². The van der Waals surface area contributed by atoms with Gasteiger partial charge in [-0.1, -0.05) is 5.73 Å². The molecule has 0 spiro atoms. The Balaban J connectivity index is 2.83. The lowest BCUT2D eigenvalue weighted by Gasteiger charge is -2.11. The number of alkyl halides is 3. The van der Waals surface area contributed by atoms with Gasteiger partial charge >= 0.3 is 6.18 Å². The minimum absolute atomic E-state index is 0.125. The summed E-state index contributed by atoms with van der Waals surface area (Å²) >= 11 is 0. The Labute approximate surface area is 61.7 Å². The molecule has 1 nitrogen and oxygen atoms in total. The molecule has 0 aliphatic heterocycles. The van der Waals surface area contributed by atoms with Gasteiger partial charge in [-0.05, 0) is 12.2 Å². The molecule has 0 saturated carbocycles. The molecule has 1 aliphatic rings. The summed E-state index contributed by atoms with van der Waals surface area (Å²) in [4.78, 5) is 0. The van der Waals surface area contributed by atoms with E-state index in [2.05, 4.69) is 5.73 Å². The third-order valence-electron chi connectivity index (χ3n) is 1.30. The van der Waals surface area contributed by atoms with Gasteiger partial charge in [0.15, 0.2) is 0 Å². The molecule has 4 heteroatoms. The van der Waals surface area contributed by atoms with Crippen LogP contribution < -0.4 is 5.73 Å². The molecule has 60 valence electrons. The zero-order valence-electron chi connectivity index (χ0n) is 5.57. The van der Waals surface area contributed by atoms with E-state index in [4.69, 9.17) is 5.73 Å². The van der Waals surface area contributed by atoms with Crippen LogP contribution in [0.15, 0.2) is 29.2 Å². The molecule has 0 saturated heterocycles. The maximum Gasteiger partial charge on any atom is 0.413 e. The fraction of sp³-hybridized carbons (Fsp3) is 0.286. The first-order valence-electron chi connectivity index (χ1n) is 2.97. The third-order valence-corrected chi connectivity index (χ3v) is 1.30. The van der Waals surface area contributed by atoms with Crippen molar-refractivity contribution in [1.82, 2.24) is 0 Å². The topological polar surface area (TPSA) is 26.0 Å². The van der Waals surface area contributed by atoms with Gasteiger partial charge in [0, 0.05) is 12.0 Å². The van der Waals surface area contributed by atoms with Crippen LogP contribution in [0.5, 0.6) is 0 Å². The fourth-order valence-electron chi connectivity index (χ4n) is 0.759. The Hall–Kier alpha value is -1.15. The van der Waals surface area contributed by atoms with Crippen LogP contribution in [-0.4, -0.2) is 6.18 Å². The summed E-state index contributed by atoms with van der Waals surface area (Å²) < 4.78 is 35.8. The SMILES string of the molecule is NC1=C=CC=C(C(F)(F)F)C1. The van der Waals surface area contributed by atoms with Crippen molar-refractivity contribution in [3.8, 4) is 0 Å². The number of nitrogens with two attached hydrogens (primary N) is 1. The number of halogens is 3. The molecule has 0 aromatic heterocycles. The summed E-state index contributed by atoms with van der Waals surface area (Å²) in [5.74, 6) is 0. The zero-order chi connectivity index (χ0) is 8.48. The highest BCUT2D eigenvalue weighted by Crippen LogP contribution is 2.30. The molecular weight excluding hydrogens is 155 g/mol. The highest BCUT2D eigenvalue weighted by Gasteiger charge is 2.33. The molecule has 0 aromatic carbocycles. The Morgan fingerprint density at radius 1 is 1.45 bits per heavy atom. The van der Waals surface area contributed by atoms with Crippen LogP contribution in [0.25, 0.3) is 0 Å².